The van der Waals surface area contributed by atoms with Gasteiger partial charge in [-0.3, -0.25) is 9.59 Å². The van der Waals surface area contributed by atoms with Crippen LogP contribution < -0.4 is 10.1 Å². The molecule has 4 atom stereocenters. The lowest BCUT2D eigenvalue weighted by Crippen LogP contribution is -2.53. The van der Waals surface area contributed by atoms with Gasteiger partial charge in [-0.05, 0) is 32.3 Å². The Kier molecular flexibility index (Phi) is 3.32. The first-order valence-electron chi connectivity index (χ1n) is 8.41. The minimum Gasteiger partial charge on any atom is -0.489 e. The molecule has 1 spiro atoms. The van der Waals surface area contributed by atoms with Crippen molar-refractivity contribution in [2.75, 3.05) is 6.61 Å². The highest BCUT2D eigenvalue weighted by Crippen LogP contribution is 2.60. The summed E-state index contributed by atoms with van der Waals surface area (Å²) in [6, 6.07) is 7.65. The van der Waals surface area contributed by atoms with E-state index in [-0.39, 0.29) is 24.7 Å². The van der Waals surface area contributed by atoms with Crippen LogP contribution in [-0.4, -0.2) is 24.6 Å². The van der Waals surface area contributed by atoms with Crippen LogP contribution in [0.15, 0.2) is 24.3 Å². The average Bonchev–Trinajstić information content (AvgIpc) is 2.85. The molecule has 122 valence electrons. The molecule has 23 heavy (non-hydrogen) atoms. The lowest BCUT2D eigenvalue weighted by Gasteiger charge is -2.49. The van der Waals surface area contributed by atoms with Gasteiger partial charge >= 0.3 is 5.97 Å². The summed E-state index contributed by atoms with van der Waals surface area (Å²) in [5, 5.41) is 3.07. The first kappa shape index (κ1) is 14.5. The maximum absolute atomic E-state index is 12.6. The zero-order valence-electron chi connectivity index (χ0n) is 13.2. The molecule has 2 aliphatic heterocycles. The summed E-state index contributed by atoms with van der Waals surface area (Å²) < 4.78 is 11.5. The zero-order chi connectivity index (χ0) is 16.0. The van der Waals surface area contributed by atoms with E-state index in [2.05, 4.69) is 5.32 Å². The van der Waals surface area contributed by atoms with Crippen molar-refractivity contribution in [2.24, 2.45) is 11.3 Å². The van der Waals surface area contributed by atoms with Gasteiger partial charge in [0.1, 0.15) is 17.8 Å². The molecule has 0 aromatic heterocycles. The Labute approximate surface area is 135 Å². The van der Waals surface area contributed by atoms with Gasteiger partial charge < -0.3 is 14.8 Å². The second-order valence-corrected chi connectivity index (χ2v) is 6.63. The predicted molar refractivity (Wildman–Crippen MR) is 82.8 cm³/mol. The van der Waals surface area contributed by atoms with Gasteiger partial charge in [0.15, 0.2) is 0 Å². The van der Waals surface area contributed by atoms with E-state index in [0.29, 0.717) is 0 Å². The molecule has 2 heterocycles. The lowest BCUT2D eigenvalue weighted by molar-refractivity contribution is -0.161. The summed E-state index contributed by atoms with van der Waals surface area (Å²) in [5.74, 6) is -0.584. The number of nitrogens with one attached hydrogen (secondary N) is 1. The van der Waals surface area contributed by atoms with Gasteiger partial charge in [0.05, 0.1) is 18.1 Å². The van der Waals surface area contributed by atoms with Crippen molar-refractivity contribution in [3.8, 4) is 5.75 Å². The van der Waals surface area contributed by atoms with Crippen molar-refractivity contribution in [1.82, 2.24) is 5.32 Å². The van der Waals surface area contributed by atoms with Gasteiger partial charge in [0, 0.05) is 5.56 Å². The van der Waals surface area contributed by atoms with Crippen LogP contribution in [0.5, 0.6) is 5.75 Å². The molecular formula is C18H21NO4. The van der Waals surface area contributed by atoms with Gasteiger partial charge in [0.25, 0.3) is 0 Å². The molecule has 3 aliphatic rings. The summed E-state index contributed by atoms with van der Waals surface area (Å²) in [6.45, 7) is 2.05. The minimum absolute atomic E-state index is 0.121. The van der Waals surface area contributed by atoms with Crippen LogP contribution in [0.25, 0.3) is 0 Å². The minimum atomic E-state index is -0.772. The highest BCUT2D eigenvalue weighted by molar-refractivity contribution is 6.01. The fourth-order valence-electron chi connectivity index (χ4n) is 4.69. The Bertz CT molecular complexity index is 658. The number of ether oxygens (including phenoxy) is 2. The Balaban J connectivity index is 1.85. The second kappa shape index (κ2) is 5.25. The van der Waals surface area contributed by atoms with E-state index < -0.39 is 17.3 Å². The van der Waals surface area contributed by atoms with Crippen LogP contribution in [0.4, 0.5) is 0 Å². The smallest absolute Gasteiger partial charge is 0.319 e. The third kappa shape index (κ3) is 1.92. The van der Waals surface area contributed by atoms with E-state index in [1.807, 2.05) is 24.3 Å². The molecule has 2 fully saturated rings. The van der Waals surface area contributed by atoms with E-state index in [4.69, 9.17) is 9.47 Å². The highest BCUT2D eigenvalue weighted by Gasteiger charge is 2.66. The van der Waals surface area contributed by atoms with Gasteiger partial charge in [-0.15, -0.1) is 0 Å². The summed E-state index contributed by atoms with van der Waals surface area (Å²) in [7, 11) is 0. The zero-order valence-corrected chi connectivity index (χ0v) is 13.2. The molecule has 4 rings (SSSR count). The fraction of sp³-hybridized carbons (Fsp3) is 0.556. The molecule has 1 N–H and O–H groups in total. The number of hydrogen-bond acceptors (Lipinski definition) is 4. The van der Waals surface area contributed by atoms with Crippen molar-refractivity contribution in [3.05, 3.63) is 29.8 Å². The molecule has 1 saturated heterocycles. The van der Waals surface area contributed by atoms with E-state index in [1.54, 1.807) is 6.92 Å². The van der Waals surface area contributed by atoms with Crippen LogP contribution >= 0.6 is 0 Å². The maximum Gasteiger partial charge on any atom is 0.319 e. The van der Waals surface area contributed by atoms with Crippen LogP contribution in [0.1, 0.15) is 44.2 Å². The molecule has 1 aromatic rings. The predicted octanol–water partition coefficient (Wildman–Crippen LogP) is 2.36. The first-order valence-corrected chi connectivity index (χ1v) is 8.41. The number of para-hydroxylation sites is 1. The molecule has 0 bridgehead atoms. The third-order valence-corrected chi connectivity index (χ3v) is 5.57. The van der Waals surface area contributed by atoms with Crippen LogP contribution in [-0.2, 0) is 14.3 Å². The molecular weight excluding hydrogens is 294 g/mol. The highest BCUT2D eigenvalue weighted by atomic mass is 16.5. The number of esters is 1. The molecule has 3 unspecified atom stereocenters. The molecule has 0 radical (unpaired) electrons. The van der Waals surface area contributed by atoms with E-state index in [9.17, 15) is 9.59 Å². The van der Waals surface area contributed by atoms with E-state index in [0.717, 1.165) is 37.0 Å². The van der Waals surface area contributed by atoms with Gasteiger partial charge in [0.2, 0.25) is 5.91 Å². The molecule has 1 aromatic carbocycles. The number of carbonyl (C=O) groups is 2. The molecule has 5 nitrogen and oxygen atoms in total. The molecule has 1 aliphatic carbocycles. The fourth-order valence-corrected chi connectivity index (χ4v) is 4.69. The quantitative estimate of drug-likeness (QED) is 0.672. The normalized spacial score (nSPS) is 34.5. The number of benzene rings is 1. The summed E-state index contributed by atoms with van der Waals surface area (Å²) in [4.78, 5) is 25.2. The van der Waals surface area contributed by atoms with Crippen LogP contribution in [0.3, 0.4) is 0 Å². The number of fused-ring (bicyclic) bond motifs is 2. The van der Waals surface area contributed by atoms with Gasteiger partial charge in [-0.2, -0.15) is 0 Å². The van der Waals surface area contributed by atoms with E-state index in [1.165, 1.54) is 0 Å². The monoisotopic (exact) mass is 315 g/mol. The Morgan fingerprint density at radius 3 is 3.04 bits per heavy atom. The van der Waals surface area contributed by atoms with Crippen molar-refractivity contribution in [2.45, 2.75) is 44.8 Å². The van der Waals surface area contributed by atoms with Gasteiger partial charge in [-0.25, -0.2) is 0 Å². The van der Waals surface area contributed by atoms with Crippen LogP contribution in [0.2, 0.25) is 0 Å². The van der Waals surface area contributed by atoms with Crippen molar-refractivity contribution < 1.29 is 19.1 Å². The Morgan fingerprint density at radius 2 is 2.22 bits per heavy atom. The van der Waals surface area contributed by atoms with Crippen molar-refractivity contribution >= 4 is 11.9 Å². The SMILES string of the molecule is CCOC(=O)C1C(=O)NC2c3ccccc3OC3CCCC[C@]312. The number of rotatable bonds is 2. The van der Waals surface area contributed by atoms with Gasteiger partial charge in [-0.1, -0.05) is 24.6 Å². The summed E-state index contributed by atoms with van der Waals surface area (Å²) in [6.07, 6.45) is 3.62. The summed E-state index contributed by atoms with van der Waals surface area (Å²) >= 11 is 0. The molecule has 5 heteroatoms. The average molecular weight is 315 g/mol. The van der Waals surface area contributed by atoms with Crippen molar-refractivity contribution in [1.29, 1.82) is 0 Å². The van der Waals surface area contributed by atoms with Crippen molar-refractivity contribution in [3.63, 3.8) is 0 Å². The third-order valence-electron chi connectivity index (χ3n) is 5.57. The van der Waals surface area contributed by atoms with Crippen LogP contribution in [0, 0.1) is 11.3 Å². The Morgan fingerprint density at radius 1 is 1.39 bits per heavy atom. The second-order valence-electron chi connectivity index (χ2n) is 6.63. The maximum atomic E-state index is 12.6. The summed E-state index contributed by atoms with van der Waals surface area (Å²) in [5.41, 5.74) is 0.460. The lowest BCUT2D eigenvalue weighted by atomic mass is 9.59. The molecule has 1 saturated carbocycles. The number of hydrogen-bond donors (Lipinski definition) is 1. The molecule has 1 amide bonds. The number of carbonyl (C=O) groups excluding carboxylic acids is 2. The first-order chi connectivity index (χ1) is 11.2. The standard InChI is InChI=1S/C18H21NO4/c1-2-22-17(21)14-16(20)19-15-11-7-3-4-8-12(11)23-13-9-5-6-10-18(13,14)15/h3-4,7-8,13-15H,2,5-6,9-10H2,1H3,(H,19,20)/t13?,14?,15?,18-/m0/s1. The Hall–Kier alpha value is -2.04. The number of amides is 1. The largest absolute Gasteiger partial charge is 0.489 e. The topological polar surface area (TPSA) is 64.6 Å². The van der Waals surface area contributed by atoms with E-state index >= 15 is 0 Å².